The number of hydrogen-bond acceptors (Lipinski definition) is 4. The largest absolute Gasteiger partial charge is 0.508 e. The summed E-state index contributed by atoms with van der Waals surface area (Å²) in [7, 11) is 0. The molecule has 4 heteroatoms. The molecule has 0 radical (unpaired) electrons. The molecule has 128 valence electrons. The Bertz CT molecular complexity index is 499. The fourth-order valence-corrected chi connectivity index (χ4v) is 4.05. The SMILES string of the molecule is CCCN(CCN1CCNCC1)[C@H]1CCc2c(O)cccc2C1. The van der Waals surface area contributed by atoms with Gasteiger partial charge in [0.2, 0.25) is 0 Å². The molecule has 1 aromatic rings. The Hall–Kier alpha value is -1.10. The van der Waals surface area contributed by atoms with E-state index in [1.807, 2.05) is 12.1 Å². The summed E-state index contributed by atoms with van der Waals surface area (Å²) < 4.78 is 0. The van der Waals surface area contributed by atoms with Crippen molar-refractivity contribution in [3.8, 4) is 5.75 Å². The Balaban J connectivity index is 1.60. The first kappa shape index (κ1) is 16.7. The molecule has 1 atom stereocenters. The van der Waals surface area contributed by atoms with E-state index >= 15 is 0 Å². The minimum absolute atomic E-state index is 0.490. The number of aromatic hydroxyl groups is 1. The van der Waals surface area contributed by atoms with Gasteiger partial charge >= 0.3 is 0 Å². The molecular weight excluding hydrogens is 286 g/mol. The number of phenolic OH excluding ortho intramolecular Hbond substituents is 1. The fourth-order valence-electron chi connectivity index (χ4n) is 4.05. The smallest absolute Gasteiger partial charge is 0.119 e. The van der Waals surface area contributed by atoms with Gasteiger partial charge in [0.25, 0.3) is 0 Å². The van der Waals surface area contributed by atoms with E-state index in [1.165, 1.54) is 56.7 Å². The number of rotatable bonds is 6. The van der Waals surface area contributed by atoms with E-state index in [1.54, 1.807) is 0 Å². The Morgan fingerprint density at radius 1 is 1.26 bits per heavy atom. The lowest BCUT2D eigenvalue weighted by molar-refractivity contribution is 0.142. The minimum atomic E-state index is 0.490. The maximum atomic E-state index is 10.0. The van der Waals surface area contributed by atoms with Gasteiger partial charge < -0.3 is 10.4 Å². The van der Waals surface area contributed by atoms with Crippen molar-refractivity contribution in [3.05, 3.63) is 29.3 Å². The predicted molar refractivity (Wildman–Crippen MR) is 95.1 cm³/mol. The summed E-state index contributed by atoms with van der Waals surface area (Å²) in [5.74, 6) is 0.490. The molecule has 1 fully saturated rings. The van der Waals surface area contributed by atoms with E-state index in [0.717, 1.165) is 25.9 Å². The highest BCUT2D eigenvalue weighted by Crippen LogP contribution is 2.30. The highest BCUT2D eigenvalue weighted by molar-refractivity contribution is 5.41. The lowest BCUT2D eigenvalue weighted by Crippen LogP contribution is -2.48. The third-order valence-corrected chi connectivity index (χ3v) is 5.37. The molecule has 2 N–H and O–H groups in total. The molecule has 23 heavy (non-hydrogen) atoms. The lowest BCUT2D eigenvalue weighted by Gasteiger charge is -2.37. The van der Waals surface area contributed by atoms with Crippen molar-refractivity contribution in [1.82, 2.24) is 15.1 Å². The van der Waals surface area contributed by atoms with Gasteiger partial charge in [-0.15, -0.1) is 0 Å². The van der Waals surface area contributed by atoms with Crippen LogP contribution >= 0.6 is 0 Å². The topological polar surface area (TPSA) is 38.7 Å². The third kappa shape index (κ3) is 4.25. The Labute approximate surface area is 140 Å². The first-order valence-corrected chi connectivity index (χ1v) is 9.24. The Kier molecular flexibility index (Phi) is 5.92. The van der Waals surface area contributed by atoms with Crippen LogP contribution in [-0.2, 0) is 12.8 Å². The van der Waals surface area contributed by atoms with Crippen LogP contribution in [0, 0.1) is 0 Å². The maximum Gasteiger partial charge on any atom is 0.119 e. The van der Waals surface area contributed by atoms with Crippen molar-refractivity contribution in [2.45, 2.75) is 38.6 Å². The van der Waals surface area contributed by atoms with Crippen molar-refractivity contribution in [2.75, 3.05) is 45.8 Å². The van der Waals surface area contributed by atoms with Crippen LogP contribution in [-0.4, -0.2) is 66.8 Å². The van der Waals surface area contributed by atoms with Crippen molar-refractivity contribution >= 4 is 0 Å². The zero-order valence-electron chi connectivity index (χ0n) is 14.4. The average molecular weight is 317 g/mol. The van der Waals surface area contributed by atoms with E-state index in [2.05, 4.69) is 28.1 Å². The number of hydrogen-bond donors (Lipinski definition) is 2. The van der Waals surface area contributed by atoms with Crippen LogP contribution in [0.5, 0.6) is 5.75 Å². The number of nitrogens with zero attached hydrogens (tertiary/aromatic N) is 2. The maximum absolute atomic E-state index is 10.0. The van der Waals surface area contributed by atoms with Gasteiger partial charge in [0.05, 0.1) is 0 Å². The molecule has 1 aliphatic heterocycles. The molecule has 1 heterocycles. The van der Waals surface area contributed by atoms with Gasteiger partial charge in [-0.25, -0.2) is 0 Å². The van der Waals surface area contributed by atoms with Crippen LogP contribution in [0.25, 0.3) is 0 Å². The van der Waals surface area contributed by atoms with E-state index < -0.39 is 0 Å². The molecule has 0 amide bonds. The molecule has 0 bridgehead atoms. The summed E-state index contributed by atoms with van der Waals surface area (Å²) in [6.07, 6.45) is 4.49. The van der Waals surface area contributed by atoms with Gasteiger partial charge in [-0.3, -0.25) is 9.80 Å². The monoisotopic (exact) mass is 317 g/mol. The quantitative estimate of drug-likeness (QED) is 0.840. The normalized spacial score (nSPS) is 22.3. The van der Waals surface area contributed by atoms with E-state index in [4.69, 9.17) is 0 Å². The van der Waals surface area contributed by atoms with Gasteiger partial charge in [0.15, 0.2) is 0 Å². The van der Waals surface area contributed by atoms with Crippen molar-refractivity contribution in [1.29, 1.82) is 0 Å². The summed E-state index contributed by atoms with van der Waals surface area (Å²) in [5, 5.41) is 13.5. The zero-order chi connectivity index (χ0) is 16.1. The van der Waals surface area contributed by atoms with E-state index in [0.29, 0.717) is 11.8 Å². The lowest BCUT2D eigenvalue weighted by atomic mass is 9.87. The van der Waals surface area contributed by atoms with Crippen LogP contribution in [0.4, 0.5) is 0 Å². The van der Waals surface area contributed by atoms with E-state index in [9.17, 15) is 5.11 Å². The zero-order valence-corrected chi connectivity index (χ0v) is 14.4. The summed E-state index contributed by atoms with van der Waals surface area (Å²) in [5.41, 5.74) is 2.53. The Morgan fingerprint density at radius 3 is 2.87 bits per heavy atom. The van der Waals surface area contributed by atoms with Crippen LogP contribution in [0.1, 0.15) is 30.9 Å². The van der Waals surface area contributed by atoms with Crippen molar-refractivity contribution < 1.29 is 5.11 Å². The van der Waals surface area contributed by atoms with Gasteiger partial charge in [-0.1, -0.05) is 19.1 Å². The molecule has 1 saturated heterocycles. The Morgan fingerprint density at radius 2 is 2.09 bits per heavy atom. The molecule has 4 nitrogen and oxygen atoms in total. The van der Waals surface area contributed by atoms with Gasteiger partial charge in [-0.2, -0.15) is 0 Å². The predicted octanol–water partition coefficient (Wildman–Crippen LogP) is 1.87. The second kappa shape index (κ2) is 8.13. The van der Waals surface area contributed by atoms with Crippen LogP contribution in [0.2, 0.25) is 0 Å². The second-order valence-electron chi connectivity index (χ2n) is 6.94. The first-order chi connectivity index (χ1) is 11.3. The third-order valence-electron chi connectivity index (χ3n) is 5.37. The summed E-state index contributed by atoms with van der Waals surface area (Å²) in [6.45, 7) is 10.4. The number of benzene rings is 1. The first-order valence-electron chi connectivity index (χ1n) is 9.24. The summed E-state index contributed by atoms with van der Waals surface area (Å²) >= 11 is 0. The van der Waals surface area contributed by atoms with Gasteiger partial charge in [0, 0.05) is 45.3 Å². The number of piperazine rings is 1. The molecule has 2 aliphatic rings. The van der Waals surface area contributed by atoms with Crippen LogP contribution in [0.3, 0.4) is 0 Å². The molecule has 0 saturated carbocycles. The highest BCUT2D eigenvalue weighted by atomic mass is 16.3. The second-order valence-corrected chi connectivity index (χ2v) is 6.94. The molecule has 0 aromatic heterocycles. The minimum Gasteiger partial charge on any atom is -0.508 e. The number of fused-ring (bicyclic) bond motifs is 1. The standard InChI is InChI=1S/C19H31N3O/c1-2-10-22(14-13-21-11-8-20-9-12-21)17-6-7-18-16(15-17)4-3-5-19(18)23/h3-5,17,20,23H,2,6-15H2,1H3/t17-/m0/s1. The summed E-state index contributed by atoms with van der Waals surface area (Å²) in [4.78, 5) is 5.27. The molecular formula is C19H31N3O. The number of phenols is 1. The van der Waals surface area contributed by atoms with Gasteiger partial charge in [-0.05, 0) is 49.4 Å². The number of nitrogens with one attached hydrogen (secondary N) is 1. The molecule has 0 unspecified atom stereocenters. The molecule has 3 rings (SSSR count). The molecule has 1 aromatic carbocycles. The van der Waals surface area contributed by atoms with Crippen molar-refractivity contribution in [3.63, 3.8) is 0 Å². The van der Waals surface area contributed by atoms with Crippen molar-refractivity contribution in [2.24, 2.45) is 0 Å². The van der Waals surface area contributed by atoms with Crippen LogP contribution < -0.4 is 5.32 Å². The molecule has 0 spiro atoms. The molecule has 1 aliphatic carbocycles. The average Bonchev–Trinajstić information content (AvgIpc) is 2.59. The highest BCUT2D eigenvalue weighted by Gasteiger charge is 2.25. The fraction of sp³-hybridized carbons (Fsp3) is 0.684. The van der Waals surface area contributed by atoms with E-state index in [-0.39, 0.29) is 0 Å². The van der Waals surface area contributed by atoms with Gasteiger partial charge in [0.1, 0.15) is 5.75 Å². The summed E-state index contributed by atoms with van der Waals surface area (Å²) in [6, 6.07) is 6.64. The van der Waals surface area contributed by atoms with Crippen LogP contribution in [0.15, 0.2) is 18.2 Å².